The van der Waals surface area contributed by atoms with Crippen LogP contribution in [0.2, 0.25) is 0 Å². The van der Waals surface area contributed by atoms with Crippen molar-refractivity contribution >= 4 is 46.7 Å². The Kier molecular flexibility index (Phi) is 6.53. The topological polar surface area (TPSA) is 105 Å². The van der Waals surface area contributed by atoms with E-state index in [4.69, 9.17) is 9.47 Å². The monoisotopic (exact) mass is 424 g/mol. The van der Waals surface area contributed by atoms with Gasteiger partial charge in [-0.25, -0.2) is 0 Å². The van der Waals surface area contributed by atoms with Crippen molar-refractivity contribution in [3.63, 3.8) is 0 Å². The highest BCUT2D eigenvalue weighted by Crippen LogP contribution is 2.34. The highest BCUT2D eigenvalue weighted by atomic mass is 32.2. The molecule has 0 saturated carbocycles. The Bertz CT molecular complexity index is 828. The van der Waals surface area contributed by atoms with Gasteiger partial charge in [-0.1, -0.05) is 0 Å². The number of carbonyl (C=O) groups excluding carboxylic acids is 3. The van der Waals surface area contributed by atoms with Crippen LogP contribution in [0.1, 0.15) is 5.56 Å². The number of aliphatic hydroxyl groups is 1. The summed E-state index contributed by atoms with van der Waals surface area (Å²) in [6.07, 6.45) is 0.935. The SMILES string of the molecule is COc1ccc(/C=C2\SC(=O)N(CC(=O)N[C@H]3CSC[C@@H]3O)C2=O)c(OC)c1. The second kappa shape index (κ2) is 8.89. The summed E-state index contributed by atoms with van der Waals surface area (Å²) in [5.74, 6) is 1.24. The van der Waals surface area contributed by atoms with E-state index in [1.165, 1.54) is 26.0 Å². The van der Waals surface area contributed by atoms with Crippen molar-refractivity contribution in [2.24, 2.45) is 0 Å². The van der Waals surface area contributed by atoms with Gasteiger partial charge in [0.2, 0.25) is 5.91 Å². The normalized spacial score (nSPS) is 23.4. The number of nitrogens with one attached hydrogen (secondary N) is 1. The van der Waals surface area contributed by atoms with Gasteiger partial charge in [-0.05, 0) is 30.0 Å². The standard InChI is InChI=1S/C18H20N2O6S2/c1-25-11-4-3-10(14(6-11)26-2)5-15-17(23)20(18(24)28-15)7-16(22)19-12-8-27-9-13(12)21/h3-6,12-13,21H,7-9H2,1-2H3,(H,19,22)/b15-5-/t12-,13-/m0/s1. The molecule has 0 aliphatic carbocycles. The van der Waals surface area contributed by atoms with Crippen molar-refractivity contribution in [1.29, 1.82) is 0 Å². The molecule has 3 rings (SSSR count). The lowest BCUT2D eigenvalue weighted by Gasteiger charge is -2.18. The minimum absolute atomic E-state index is 0.206. The van der Waals surface area contributed by atoms with E-state index in [1.807, 2.05) is 0 Å². The number of ether oxygens (including phenoxy) is 2. The van der Waals surface area contributed by atoms with Crippen LogP contribution < -0.4 is 14.8 Å². The maximum atomic E-state index is 12.6. The van der Waals surface area contributed by atoms with Gasteiger partial charge in [-0.3, -0.25) is 19.3 Å². The summed E-state index contributed by atoms with van der Waals surface area (Å²) in [5, 5.41) is 11.9. The molecule has 2 saturated heterocycles. The predicted octanol–water partition coefficient (Wildman–Crippen LogP) is 1.33. The lowest BCUT2D eigenvalue weighted by atomic mass is 10.1. The van der Waals surface area contributed by atoms with E-state index in [2.05, 4.69) is 5.32 Å². The molecule has 3 amide bonds. The van der Waals surface area contributed by atoms with Crippen LogP contribution >= 0.6 is 23.5 Å². The van der Waals surface area contributed by atoms with E-state index in [-0.39, 0.29) is 17.5 Å². The summed E-state index contributed by atoms with van der Waals surface area (Å²) in [7, 11) is 3.03. The van der Waals surface area contributed by atoms with E-state index >= 15 is 0 Å². The molecule has 0 radical (unpaired) electrons. The molecule has 2 atom stereocenters. The van der Waals surface area contributed by atoms with Gasteiger partial charge in [0.1, 0.15) is 18.0 Å². The molecule has 8 nitrogen and oxygen atoms in total. The second-order valence-electron chi connectivity index (χ2n) is 6.15. The Labute approximate surface area is 170 Å². The zero-order valence-electron chi connectivity index (χ0n) is 15.3. The number of rotatable bonds is 6. The first kappa shape index (κ1) is 20.6. The molecule has 1 aromatic carbocycles. The molecule has 0 spiro atoms. The van der Waals surface area contributed by atoms with E-state index in [1.54, 1.807) is 24.3 Å². The molecular formula is C18H20N2O6S2. The van der Waals surface area contributed by atoms with Gasteiger partial charge in [0.15, 0.2) is 0 Å². The van der Waals surface area contributed by atoms with Crippen molar-refractivity contribution in [3.05, 3.63) is 28.7 Å². The molecule has 0 aromatic heterocycles. The minimum atomic E-state index is -0.619. The smallest absolute Gasteiger partial charge is 0.294 e. The van der Waals surface area contributed by atoms with Crippen molar-refractivity contribution in [2.45, 2.75) is 12.1 Å². The van der Waals surface area contributed by atoms with E-state index in [0.717, 1.165) is 16.7 Å². The molecule has 28 heavy (non-hydrogen) atoms. The molecular weight excluding hydrogens is 404 g/mol. The summed E-state index contributed by atoms with van der Waals surface area (Å²) in [6.45, 7) is -0.379. The molecule has 10 heteroatoms. The molecule has 2 heterocycles. The number of nitrogens with zero attached hydrogens (tertiary/aromatic N) is 1. The lowest BCUT2D eigenvalue weighted by Crippen LogP contribution is -2.47. The first-order valence-electron chi connectivity index (χ1n) is 8.45. The quantitative estimate of drug-likeness (QED) is 0.659. The maximum absolute atomic E-state index is 12.6. The number of thioether (sulfide) groups is 2. The summed E-state index contributed by atoms with van der Waals surface area (Å²) in [4.78, 5) is 38.1. The van der Waals surface area contributed by atoms with Gasteiger partial charge in [0.05, 0.1) is 31.3 Å². The summed E-state index contributed by atoms with van der Waals surface area (Å²) in [6, 6.07) is 4.75. The molecule has 2 aliphatic rings. The van der Waals surface area contributed by atoms with Crippen molar-refractivity contribution < 1.29 is 29.0 Å². The first-order chi connectivity index (χ1) is 13.4. The van der Waals surface area contributed by atoms with Gasteiger partial charge in [0.25, 0.3) is 11.1 Å². The van der Waals surface area contributed by atoms with Gasteiger partial charge in [0, 0.05) is 23.1 Å². The number of hydrogen-bond donors (Lipinski definition) is 2. The Hall–Kier alpha value is -2.17. The van der Waals surface area contributed by atoms with Crippen molar-refractivity contribution in [2.75, 3.05) is 32.3 Å². The number of amides is 3. The zero-order chi connectivity index (χ0) is 20.3. The average molecular weight is 425 g/mol. The van der Waals surface area contributed by atoms with Crippen LogP contribution in [0.15, 0.2) is 23.1 Å². The highest BCUT2D eigenvalue weighted by Gasteiger charge is 2.37. The summed E-state index contributed by atoms with van der Waals surface area (Å²) < 4.78 is 10.4. The molecule has 150 valence electrons. The summed E-state index contributed by atoms with van der Waals surface area (Å²) in [5.41, 5.74) is 0.615. The predicted molar refractivity (Wildman–Crippen MR) is 107 cm³/mol. The van der Waals surface area contributed by atoms with Gasteiger partial charge in [-0.15, -0.1) is 0 Å². The largest absolute Gasteiger partial charge is 0.497 e. The number of benzene rings is 1. The Morgan fingerprint density at radius 1 is 1.32 bits per heavy atom. The number of aliphatic hydroxyl groups excluding tert-OH is 1. The Morgan fingerprint density at radius 3 is 2.75 bits per heavy atom. The number of imide groups is 1. The third-order valence-electron chi connectivity index (χ3n) is 4.30. The van der Waals surface area contributed by atoms with Gasteiger partial charge < -0.3 is 19.9 Å². The van der Waals surface area contributed by atoms with Crippen LogP contribution in [0, 0.1) is 0 Å². The highest BCUT2D eigenvalue weighted by molar-refractivity contribution is 8.18. The average Bonchev–Trinajstić information content (AvgIpc) is 3.19. The second-order valence-corrected chi connectivity index (χ2v) is 8.22. The van der Waals surface area contributed by atoms with Gasteiger partial charge in [-0.2, -0.15) is 11.8 Å². The summed E-state index contributed by atoms with van der Waals surface area (Å²) >= 11 is 2.31. The number of carbonyl (C=O) groups is 3. The van der Waals surface area contributed by atoms with Crippen LogP contribution in [-0.4, -0.2) is 71.5 Å². The first-order valence-corrected chi connectivity index (χ1v) is 10.4. The Morgan fingerprint density at radius 2 is 2.11 bits per heavy atom. The van der Waals surface area contributed by atoms with Crippen LogP contribution in [0.25, 0.3) is 6.08 Å². The minimum Gasteiger partial charge on any atom is -0.497 e. The van der Waals surface area contributed by atoms with E-state index in [0.29, 0.717) is 28.6 Å². The fourth-order valence-corrected chi connectivity index (χ4v) is 4.79. The van der Waals surface area contributed by atoms with Crippen LogP contribution in [0.5, 0.6) is 11.5 Å². The fourth-order valence-electron chi connectivity index (χ4n) is 2.79. The third kappa shape index (κ3) is 4.45. The van der Waals surface area contributed by atoms with Crippen molar-refractivity contribution in [1.82, 2.24) is 10.2 Å². The van der Waals surface area contributed by atoms with E-state index < -0.39 is 23.2 Å². The number of hydrogen-bond acceptors (Lipinski definition) is 8. The maximum Gasteiger partial charge on any atom is 0.294 e. The Balaban J connectivity index is 1.71. The molecule has 0 unspecified atom stereocenters. The fraction of sp³-hybridized carbons (Fsp3) is 0.389. The molecule has 0 bridgehead atoms. The molecule has 2 fully saturated rings. The molecule has 1 aromatic rings. The van der Waals surface area contributed by atoms with Gasteiger partial charge >= 0.3 is 0 Å². The lowest BCUT2D eigenvalue weighted by molar-refractivity contribution is -0.129. The van der Waals surface area contributed by atoms with Crippen LogP contribution in [0.3, 0.4) is 0 Å². The molecule has 2 aliphatic heterocycles. The third-order valence-corrected chi connectivity index (χ3v) is 6.38. The van der Waals surface area contributed by atoms with Crippen LogP contribution in [0.4, 0.5) is 4.79 Å². The van der Waals surface area contributed by atoms with E-state index in [9.17, 15) is 19.5 Å². The van der Waals surface area contributed by atoms with Crippen molar-refractivity contribution in [3.8, 4) is 11.5 Å². The molecule has 2 N–H and O–H groups in total. The number of methoxy groups -OCH3 is 2. The zero-order valence-corrected chi connectivity index (χ0v) is 17.0. The van der Waals surface area contributed by atoms with Crippen LogP contribution in [-0.2, 0) is 9.59 Å².